The molecule has 0 bridgehead atoms. The van der Waals surface area contributed by atoms with E-state index in [0.29, 0.717) is 17.5 Å². The number of fused-ring (bicyclic) bond motifs is 3. The van der Waals surface area contributed by atoms with Gasteiger partial charge in [-0.05, 0) is 57.5 Å². The van der Waals surface area contributed by atoms with E-state index in [9.17, 15) is 29.4 Å². The number of ketones is 3. The van der Waals surface area contributed by atoms with Gasteiger partial charge in [-0.3, -0.25) is 24.1 Å². The maximum atomic E-state index is 13.6. The van der Waals surface area contributed by atoms with Crippen molar-refractivity contribution in [2.75, 3.05) is 14.1 Å². The summed E-state index contributed by atoms with van der Waals surface area (Å²) in [5, 5.41) is 22.0. The lowest BCUT2D eigenvalue weighted by Gasteiger charge is -2.53. The van der Waals surface area contributed by atoms with E-state index >= 15 is 0 Å². The Morgan fingerprint density at radius 3 is 2.53 bits per heavy atom. The second kappa shape index (κ2) is 7.54. The SMILES string of the molecule is CC#Cc1ccc(O)c2c1CC1CC3C(N(C)C)C(=O)C(C(N)=O)CC3(O)C(=O)C1C2=O. The predicted octanol–water partition coefficient (Wildman–Crippen LogP) is 0.0594. The van der Waals surface area contributed by atoms with E-state index in [2.05, 4.69) is 11.8 Å². The molecule has 2 saturated carbocycles. The van der Waals surface area contributed by atoms with Crippen molar-refractivity contribution < 1.29 is 29.4 Å². The highest BCUT2D eigenvalue weighted by molar-refractivity contribution is 6.17. The van der Waals surface area contributed by atoms with Crippen molar-refractivity contribution in [2.24, 2.45) is 29.4 Å². The van der Waals surface area contributed by atoms with Gasteiger partial charge in [-0.25, -0.2) is 0 Å². The molecule has 0 saturated heterocycles. The number of amides is 1. The Hall–Kier alpha value is -3.02. The van der Waals surface area contributed by atoms with Gasteiger partial charge in [-0.1, -0.05) is 5.92 Å². The molecule has 1 aromatic carbocycles. The highest BCUT2D eigenvalue weighted by atomic mass is 16.3. The molecule has 1 amide bonds. The van der Waals surface area contributed by atoms with Crippen LogP contribution in [0.3, 0.4) is 0 Å². The Morgan fingerprint density at radius 1 is 1.25 bits per heavy atom. The van der Waals surface area contributed by atoms with Crippen LogP contribution in [0.25, 0.3) is 0 Å². The van der Waals surface area contributed by atoms with E-state index in [1.807, 2.05) is 0 Å². The summed E-state index contributed by atoms with van der Waals surface area (Å²) in [6, 6.07) is 2.14. The lowest BCUT2D eigenvalue weighted by atomic mass is 9.52. The van der Waals surface area contributed by atoms with Crippen molar-refractivity contribution in [1.82, 2.24) is 4.90 Å². The van der Waals surface area contributed by atoms with Crippen molar-refractivity contribution in [3.8, 4) is 17.6 Å². The Labute approximate surface area is 185 Å². The fourth-order valence-corrected chi connectivity index (χ4v) is 5.96. The van der Waals surface area contributed by atoms with Gasteiger partial charge in [0.25, 0.3) is 0 Å². The summed E-state index contributed by atoms with van der Waals surface area (Å²) < 4.78 is 0. The molecule has 0 heterocycles. The number of phenolic OH excluding ortho intramolecular Hbond substituents is 1. The minimum absolute atomic E-state index is 0.0596. The zero-order valence-corrected chi connectivity index (χ0v) is 18.2. The third kappa shape index (κ3) is 2.99. The number of benzene rings is 1. The van der Waals surface area contributed by atoms with Crippen LogP contribution < -0.4 is 5.73 Å². The lowest BCUT2D eigenvalue weighted by Crippen LogP contribution is -2.69. The fourth-order valence-electron chi connectivity index (χ4n) is 5.96. The van der Waals surface area contributed by atoms with Gasteiger partial charge in [0.05, 0.1) is 17.5 Å². The highest BCUT2D eigenvalue weighted by Crippen LogP contribution is 2.51. The van der Waals surface area contributed by atoms with Gasteiger partial charge in [0.1, 0.15) is 17.3 Å². The van der Waals surface area contributed by atoms with E-state index < -0.39 is 65.0 Å². The first kappa shape index (κ1) is 22.2. The number of phenols is 1. The Morgan fingerprint density at radius 2 is 1.94 bits per heavy atom. The largest absolute Gasteiger partial charge is 0.507 e. The summed E-state index contributed by atoms with van der Waals surface area (Å²) >= 11 is 0. The zero-order valence-electron chi connectivity index (χ0n) is 18.2. The smallest absolute Gasteiger partial charge is 0.228 e. The summed E-state index contributed by atoms with van der Waals surface area (Å²) in [5.74, 6) is -0.760. The van der Waals surface area contributed by atoms with Crippen LogP contribution in [0.5, 0.6) is 5.75 Å². The van der Waals surface area contributed by atoms with Crippen molar-refractivity contribution in [1.29, 1.82) is 0 Å². The maximum Gasteiger partial charge on any atom is 0.228 e. The van der Waals surface area contributed by atoms with Crippen molar-refractivity contribution >= 4 is 23.3 Å². The molecule has 0 aliphatic heterocycles. The summed E-state index contributed by atoms with van der Waals surface area (Å²) in [6.07, 6.45) is 0.133. The Kier molecular flexibility index (Phi) is 5.23. The van der Waals surface area contributed by atoms with E-state index in [1.165, 1.54) is 6.07 Å². The first-order chi connectivity index (χ1) is 15.0. The van der Waals surface area contributed by atoms with Gasteiger partial charge in [0.2, 0.25) is 5.91 Å². The number of Topliss-reactive ketones (excluding diaryl/α,β-unsaturated/α-hetero) is 3. The summed E-state index contributed by atoms with van der Waals surface area (Å²) in [5.41, 5.74) is 4.64. The predicted molar refractivity (Wildman–Crippen MR) is 114 cm³/mol. The fraction of sp³-hybridized carbons (Fsp3) is 0.500. The molecule has 168 valence electrons. The number of primary amides is 1. The van der Waals surface area contributed by atoms with Crippen LogP contribution in [0.2, 0.25) is 0 Å². The molecule has 6 unspecified atom stereocenters. The normalized spacial score (nSPS) is 33.7. The monoisotopic (exact) mass is 438 g/mol. The minimum atomic E-state index is -2.03. The van der Waals surface area contributed by atoms with Crippen molar-refractivity contribution in [3.63, 3.8) is 0 Å². The van der Waals surface area contributed by atoms with E-state index in [1.54, 1.807) is 32.0 Å². The van der Waals surface area contributed by atoms with Gasteiger partial charge < -0.3 is 15.9 Å². The molecule has 4 N–H and O–H groups in total. The maximum absolute atomic E-state index is 13.6. The van der Waals surface area contributed by atoms with Crippen molar-refractivity contribution in [2.45, 2.75) is 37.8 Å². The van der Waals surface area contributed by atoms with Crippen LogP contribution in [0.4, 0.5) is 0 Å². The van der Waals surface area contributed by atoms with E-state index in [-0.39, 0.29) is 17.7 Å². The molecule has 0 aromatic heterocycles. The van der Waals surface area contributed by atoms with E-state index in [4.69, 9.17) is 5.73 Å². The van der Waals surface area contributed by atoms with Gasteiger partial charge in [-0.2, -0.15) is 0 Å². The van der Waals surface area contributed by atoms with Crippen LogP contribution in [0.1, 0.15) is 41.3 Å². The van der Waals surface area contributed by atoms with Crippen LogP contribution >= 0.6 is 0 Å². The molecular weight excluding hydrogens is 412 g/mol. The molecule has 6 atom stereocenters. The van der Waals surface area contributed by atoms with Gasteiger partial charge in [0.15, 0.2) is 17.3 Å². The van der Waals surface area contributed by atoms with Gasteiger partial charge >= 0.3 is 0 Å². The first-order valence-corrected chi connectivity index (χ1v) is 10.6. The number of hydrogen-bond donors (Lipinski definition) is 3. The average Bonchev–Trinajstić information content (AvgIpc) is 2.71. The molecule has 8 heteroatoms. The topological polar surface area (TPSA) is 138 Å². The van der Waals surface area contributed by atoms with Crippen LogP contribution in [-0.2, 0) is 20.8 Å². The number of aromatic hydroxyl groups is 1. The highest BCUT2D eigenvalue weighted by Gasteiger charge is 2.64. The third-order valence-electron chi connectivity index (χ3n) is 7.33. The quantitative estimate of drug-likeness (QED) is 0.438. The van der Waals surface area contributed by atoms with Crippen LogP contribution in [0.15, 0.2) is 12.1 Å². The summed E-state index contributed by atoms with van der Waals surface area (Å²) in [4.78, 5) is 53.7. The standard InChI is InChI=1S/C24H26N2O6/c1-4-5-11-6-7-16(27)18-13(11)8-12-9-15-19(26(2)3)20(28)14(23(25)31)10-24(15,32)22(30)17(12)21(18)29/h6-7,12,14-15,17,19,27,32H,8-10H2,1-3H3,(H2,25,31). The number of carbonyl (C=O) groups excluding carboxylic acids is 4. The molecule has 4 rings (SSSR count). The van der Waals surface area contributed by atoms with Crippen molar-refractivity contribution in [3.05, 3.63) is 28.8 Å². The van der Waals surface area contributed by atoms with Gasteiger partial charge in [-0.15, -0.1) is 5.92 Å². The van der Waals surface area contributed by atoms with E-state index in [0.717, 1.165) is 0 Å². The number of aliphatic hydroxyl groups is 1. The molecule has 1 aromatic rings. The molecule has 0 spiro atoms. The molecule has 2 fully saturated rings. The Bertz CT molecular complexity index is 1110. The molecule has 8 nitrogen and oxygen atoms in total. The Balaban J connectivity index is 1.85. The number of rotatable bonds is 2. The molecule has 0 radical (unpaired) electrons. The molecule has 32 heavy (non-hydrogen) atoms. The second-order valence-electron chi connectivity index (χ2n) is 9.27. The molecular formula is C24H26N2O6. The third-order valence-corrected chi connectivity index (χ3v) is 7.33. The number of nitrogens with zero attached hydrogens (tertiary/aromatic N) is 1. The summed E-state index contributed by atoms with van der Waals surface area (Å²) in [6.45, 7) is 1.67. The molecule has 3 aliphatic carbocycles. The average molecular weight is 438 g/mol. The second-order valence-corrected chi connectivity index (χ2v) is 9.27. The molecule has 3 aliphatic rings. The lowest BCUT2D eigenvalue weighted by molar-refractivity contribution is -0.176. The number of hydrogen-bond acceptors (Lipinski definition) is 7. The first-order valence-electron chi connectivity index (χ1n) is 10.6. The van der Waals surface area contributed by atoms with Crippen LogP contribution in [0, 0.1) is 35.5 Å². The minimum Gasteiger partial charge on any atom is -0.507 e. The number of nitrogens with two attached hydrogens (primary N) is 1. The number of likely N-dealkylation sites (N-methyl/N-ethyl adjacent to an activating group) is 1. The van der Waals surface area contributed by atoms with Crippen LogP contribution in [-0.4, -0.2) is 64.1 Å². The number of carbonyl (C=O) groups is 4. The summed E-state index contributed by atoms with van der Waals surface area (Å²) in [7, 11) is 3.30. The zero-order chi connectivity index (χ0) is 23.5. The van der Waals surface area contributed by atoms with Gasteiger partial charge in [0, 0.05) is 17.9 Å².